The van der Waals surface area contributed by atoms with Crippen LogP contribution in [0.15, 0.2) is 24.3 Å². The number of rotatable bonds is 1. The van der Waals surface area contributed by atoms with Gasteiger partial charge in [0.2, 0.25) is 0 Å². The van der Waals surface area contributed by atoms with Crippen LogP contribution in [0.25, 0.3) is 0 Å². The molecule has 0 saturated heterocycles. The lowest BCUT2D eigenvalue weighted by Crippen LogP contribution is -2.17. The molecule has 1 rings (SSSR count). The third-order valence-corrected chi connectivity index (χ3v) is 2.22. The van der Waals surface area contributed by atoms with Crippen molar-refractivity contribution in [2.24, 2.45) is 5.41 Å². The Hall–Kier alpha value is -0.530. The lowest BCUT2D eigenvalue weighted by molar-refractivity contribution is 0.0627. The van der Waals surface area contributed by atoms with Gasteiger partial charge in [-0.15, -0.1) is 0 Å². The van der Waals surface area contributed by atoms with Gasteiger partial charge in [0.1, 0.15) is 0 Å². The summed E-state index contributed by atoms with van der Waals surface area (Å²) in [6.45, 7) is 6.00. The number of hydrogen-bond donors (Lipinski definition) is 1. The highest BCUT2D eigenvalue weighted by Gasteiger charge is 2.23. The van der Waals surface area contributed by atoms with Gasteiger partial charge in [-0.25, -0.2) is 0 Å². The molecule has 1 aromatic rings. The van der Waals surface area contributed by atoms with Gasteiger partial charge in [0.05, 0.1) is 6.10 Å². The molecule has 0 aliphatic carbocycles. The van der Waals surface area contributed by atoms with E-state index >= 15 is 0 Å². The summed E-state index contributed by atoms with van der Waals surface area (Å²) in [7, 11) is 0. The van der Waals surface area contributed by atoms with Gasteiger partial charge in [-0.3, -0.25) is 0 Å². The largest absolute Gasteiger partial charge is 0.388 e. The topological polar surface area (TPSA) is 20.2 Å². The molecule has 13 heavy (non-hydrogen) atoms. The van der Waals surface area contributed by atoms with E-state index in [0.29, 0.717) is 5.02 Å². The lowest BCUT2D eigenvalue weighted by atomic mass is 9.85. The predicted octanol–water partition coefficient (Wildman–Crippen LogP) is 3.42. The highest BCUT2D eigenvalue weighted by molar-refractivity contribution is 6.30. The molecule has 2 heteroatoms. The fraction of sp³-hybridized carbons (Fsp3) is 0.455. The summed E-state index contributed by atoms with van der Waals surface area (Å²) in [5.74, 6) is 0. The van der Waals surface area contributed by atoms with Crippen LogP contribution in [0, 0.1) is 5.41 Å². The fourth-order valence-corrected chi connectivity index (χ4v) is 1.38. The molecule has 0 bridgehead atoms. The van der Waals surface area contributed by atoms with E-state index in [-0.39, 0.29) is 5.41 Å². The number of aliphatic hydroxyl groups excluding tert-OH is 1. The maximum Gasteiger partial charge on any atom is 0.0838 e. The summed E-state index contributed by atoms with van der Waals surface area (Å²) in [6, 6.07) is 7.35. The number of benzene rings is 1. The van der Waals surface area contributed by atoms with Gasteiger partial charge in [0.15, 0.2) is 0 Å². The Labute approximate surface area is 84.4 Å². The van der Waals surface area contributed by atoms with Gasteiger partial charge in [0.25, 0.3) is 0 Å². The third kappa shape index (κ3) is 2.71. The molecule has 0 saturated carbocycles. The molecule has 0 amide bonds. The summed E-state index contributed by atoms with van der Waals surface area (Å²) in [5, 5.41) is 10.6. The molecule has 1 aromatic carbocycles. The van der Waals surface area contributed by atoms with E-state index in [2.05, 4.69) is 0 Å². The van der Waals surface area contributed by atoms with Gasteiger partial charge < -0.3 is 5.11 Å². The van der Waals surface area contributed by atoms with E-state index in [4.69, 9.17) is 11.6 Å². The van der Waals surface area contributed by atoms with Crippen LogP contribution in [-0.4, -0.2) is 5.11 Å². The second-order valence-corrected chi connectivity index (χ2v) is 4.76. The zero-order valence-corrected chi connectivity index (χ0v) is 8.97. The van der Waals surface area contributed by atoms with Crippen LogP contribution in [0.3, 0.4) is 0 Å². The second-order valence-electron chi connectivity index (χ2n) is 4.32. The van der Waals surface area contributed by atoms with Gasteiger partial charge in [-0.2, -0.15) is 0 Å². The first-order chi connectivity index (χ1) is 5.91. The van der Waals surface area contributed by atoms with Crippen LogP contribution in [0.4, 0.5) is 0 Å². The second kappa shape index (κ2) is 3.69. The quantitative estimate of drug-likeness (QED) is 0.733. The Balaban J connectivity index is 2.96. The van der Waals surface area contributed by atoms with Crippen molar-refractivity contribution in [1.29, 1.82) is 0 Å². The maximum absolute atomic E-state index is 9.92. The predicted molar refractivity (Wildman–Crippen MR) is 55.9 cm³/mol. The minimum atomic E-state index is -0.466. The minimum absolute atomic E-state index is 0.148. The van der Waals surface area contributed by atoms with Crippen molar-refractivity contribution in [3.63, 3.8) is 0 Å². The smallest absolute Gasteiger partial charge is 0.0838 e. The van der Waals surface area contributed by atoms with Crippen molar-refractivity contribution in [2.75, 3.05) is 0 Å². The summed E-state index contributed by atoms with van der Waals surface area (Å²) >= 11 is 5.83. The van der Waals surface area contributed by atoms with Crippen molar-refractivity contribution in [1.82, 2.24) is 0 Å². The van der Waals surface area contributed by atoms with Crippen LogP contribution in [0.1, 0.15) is 32.4 Å². The van der Waals surface area contributed by atoms with Crippen LogP contribution in [-0.2, 0) is 0 Å². The highest BCUT2D eigenvalue weighted by Crippen LogP contribution is 2.33. The van der Waals surface area contributed by atoms with Crippen molar-refractivity contribution in [2.45, 2.75) is 26.9 Å². The molecule has 0 spiro atoms. The van der Waals surface area contributed by atoms with Crippen molar-refractivity contribution < 1.29 is 5.11 Å². The molecular formula is C11H15ClO. The van der Waals surface area contributed by atoms with E-state index in [0.717, 1.165) is 5.56 Å². The van der Waals surface area contributed by atoms with Crippen molar-refractivity contribution >= 4 is 11.6 Å². The molecule has 1 nitrogen and oxygen atoms in total. The highest BCUT2D eigenvalue weighted by atomic mass is 35.5. The number of hydrogen-bond acceptors (Lipinski definition) is 1. The lowest BCUT2D eigenvalue weighted by Gasteiger charge is -2.26. The zero-order valence-electron chi connectivity index (χ0n) is 8.21. The van der Waals surface area contributed by atoms with Gasteiger partial charge in [-0.1, -0.05) is 44.5 Å². The molecular weight excluding hydrogens is 184 g/mol. The van der Waals surface area contributed by atoms with Crippen LogP contribution >= 0.6 is 11.6 Å². The molecule has 0 aliphatic heterocycles. The van der Waals surface area contributed by atoms with Gasteiger partial charge in [-0.05, 0) is 23.1 Å². The Morgan fingerprint density at radius 3 is 2.38 bits per heavy atom. The summed E-state index contributed by atoms with van der Waals surface area (Å²) in [5.41, 5.74) is 0.727. The Morgan fingerprint density at radius 1 is 1.31 bits per heavy atom. The maximum atomic E-state index is 9.92. The van der Waals surface area contributed by atoms with Crippen LogP contribution in [0.5, 0.6) is 0 Å². The van der Waals surface area contributed by atoms with E-state index in [1.807, 2.05) is 32.9 Å². The standard InChI is InChI=1S/C11H15ClO/c1-11(2,3)10(13)8-5-4-6-9(12)7-8/h4-7,10,13H,1-3H3. The van der Waals surface area contributed by atoms with E-state index in [1.54, 1.807) is 12.1 Å². The van der Waals surface area contributed by atoms with Gasteiger partial charge >= 0.3 is 0 Å². The average Bonchev–Trinajstić information content (AvgIpc) is 2.01. The molecule has 1 N–H and O–H groups in total. The summed E-state index contributed by atoms with van der Waals surface area (Å²) in [4.78, 5) is 0. The minimum Gasteiger partial charge on any atom is -0.388 e. The third-order valence-electron chi connectivity index (χ3n) is 1.98. The Morgan fingerprint density at radius 2 is 1.92 bits per heavy atom. The molecule has 0 fully saturated rings. The normalized spacial score (nSPS) is 14.2. The Bertz CT molecular complexity index is 288. The SMILES string of the molecule is CC(C)(C)C(O)c1cccc(Cl)c1. The molecule has 0 radical (unpaired) electrons. The fourth-order valence-electron chi connectivity index (χ4n) is 1.18. The van der Waals surface area contributed by atoms with Gasteiger partial charge in [0, 0.05) is 5.02 Å². The first-order valence-corrected chi connectivity index (χ1v) is 4.72. The first kappa shape index (κ1) is 10.6. The van der Waals surface area contributed by atoms with Crippen LogP contribution in [0.2, 0.25) is 5.02 Å². The Kier molecular flexibility index (Phi) is 2.99. The first-order valence-electron chi connectivity index (χ1n) is 4.35. The summed E-state index contributed by atoms with van der Waals surface area (Å²) in [6.07, 6.45) is -0.466. The van der Waals surface area contributed by atoms with Crippen LogP contribution < -0.4 is 0 Å². The zero-order chi connectivity index (χ0) is 10.1. The van der Waals surface area contributed by atoms with E-state index in [9.17, 15) is 5.11 Å². The van der Waals surface area contributed by atoms with E-state index in [1.165, 1.54) is 0 Å². The molecule has 1 unspecified atom stereocenters. The van der Waals surface area contributed by atoms with Crippen molar-refractivity contribution in [3.8, 4) is 0 Å². The van der Waals surface area contributed by atoms with Crippen molar-refractivity contribution in [3.05, 3.63) is 34.9 Å². The molecule has 72 valence electrons. The monoisotopic (exact) mass is 198 g/mol. The number of halogens is 1. The molecule has 0 heterocycles. The molecule has 0 aromatic heterocycles. The summed E-state index contributed by atoms with van der Waals surface area (Å²) < 4.78 is 0. The molecule has 1 atom stereocenters. The molecule has 0 aliphatic rings. The van der Waals surface area contributed by atoms with E-state index < -0.39 is 6.10 Å². The number of aliphatic hydroxyl groups is 1. The average molecular weight is 199 g/mol.